The van der Waals surface area contributed by atoms with Crippen molar-refractivity contribution in [3.05, 3.63) is 33.9 Å². The second-order valence-electron chi connectivity index (χ2n) is 6.47. The zero-order chi connectivity index (χ0) is 20.9. The zero-order valence-electron chi connectivity index (χ0n) is 16.0. The third-order valence-corrected chi connectivity index (χ3v) is 3.38. The van der Waals surface area contributed by atoms with Gasteiger partial charge < -0.3 is 14.2 Å². The maximum absolute atomic E-state index is 12.8. The summed E-state index contributed by atoms with van der Waals surface area (Å²) < 4.78 is 14.6. The lowest BCUT2D eigenvalue weighted by molar-refractivity contribution is -0.384. The summed E-state index contributed by atoms with van der Waals surface area (Å²) in [5.74, 6) is -1.77. The van der Waals surface area contributed by atoms with E-state index >= 15 is 0 Å². The first-order chi connectivity index (χ1) is 12.4. The lowest BCUT2D eigenvalue weighted by Crippen LogP contribution is -2.47. The molecule has 0 radical (unpaired) electrons. The predicted molar refractivity (Wildman–Crippen MR) is 94.6 cm³/mol. The van der Waals surface area contributed by atoms with E-state index in [1.54, 1.807) is 20.8 Å². The number of para-hydroxylation sites is 1. The molecular formula is C17H22N2O8. The lowest BCUT2D eigenvalue weighted by Gasteiger charge is -2.30. The van der Waals surface area contributed by atoms with Gasteiger partial charge in [0.2, 0.25) is 0 Å². The summed E-state index contributed by atoms with van der Waals surface area (Å²) in [6.07, 6.45) is -1.06. The Balaban J connectivity index is 3.75. The average Bonchev–Trinajstić information content (AvgIpc) is 2.58. The fourth-order valence-electron chi connectivity index (χ4n) is 2.24. The van der Waals surface area contributed by atoms with Crippen LogP contribution < -0.4 is 4.90 Å². The maximum atomic E-state index is 12.8. The van der Waals surface area contributed by atoms with E-state index in [2.05, 4.69) is 9.47 Å². The third kappa shape index (κ3) is 5.16. The van der Waals surface area contributed by atoms with Crippen LogP contribution in [0.4, 0.5) is 16.2 Å². The fourth-order valence-corrected chi connectivity index (χ4v) is 2.24. The smallest absolute Gasteiger partial charge is 0.415 e. The zero-order valence-corrected chi connectivity index (χ0v) is 16.0. The van der Waals surface area contributed by atoms with Crippen molar-refractivity contribution >= 4 is 29.4 Å². The van der Waals surface area contributed by atoms with Gasteiger partial charge in [-0.2, -0.15) is 0 Å². The Morgan fingerprint density at radius 2 is 1.74 bits per heavy atom. The second-order valence-corrected chi connectivity index (χ2v) is 6.47. The number of amides is 1. The molecule has 10 nitrogen and oxygen atoms in total. The van der Waals surface area contributed by atoms with E-state index in [-0.39, 0.29) is 5.56 Å². The van der Waals surface area contributed by atoms with Crippen molar-refractivity contribution in [2.75, 3.05) is 19.1 Å². The molecule has 0 spiro atoms. The van der Waals surface area contributed by atoms with Gasteiger partial charge in [-0.15, -0.1) is 0 Å². The van der Waals surface area contributed by atoms with E-state index in [4.69, 9.17) is 4.74 Å². The van der Waals surface area contributed by atoms with Crippen molar-refractivity contribution in [1.82, 2.24) is 0 Å². The number of carbonyl (C=O) groups is 3. The fraction of sp³-hybridized carbons (Fsp3) is 0.471. The molecule has 0 heterocycles. The summed E-state index contributed by atoms with van der Waals surface area (Å²) in [6.45, 7) is 6.07. The standard InChI is InChI=1S/C17H22N2O8/c1-10(14(20)25-5)18(16(22)27-17(2,3)4)13-11(15(21)26-6)8-7-9-12(13)19(23)24/h7-10H,1-6H3. The molecule has 1 atom stereocenters. The van der Waals surface area contributed by atoms with Crippen LogP contribution in [-0.2, 0) is 19.0 Å². The molecule has 0 aliphatic rings. The van der Waals surface area contributed by atoms with Gasteiger partial charge in [-0.3, -0.25) is 15.0 Å². The highest BCUT2D eigenvalue weighted by atomic mass is 16.6. The molecule has 27 heavy (non-hydrogen) atoms. The number of esters is 2. The molecule has 0 saturated carbocycles. The van der Waals surface area contributed by atoms with Gasteiger partial charge in [0.05, 0.1) is 24.7 Å². The SMILES string of the molecule is COC(=O)c1cccc([N+](=O)[O-])c1N(C(=O)OC(C)(C)C)C(C)C(=O)OC. The van der Waals surface area contributed by atoms with Crippen LogP contribution in [-0.4, -0.2) is 48.8 Å². The number of nitro benzene ring substituents is 1. The summed E-state index contributed by atoms with van der Waals surface area (Å²) in [6, 6.07) is 2.30. The number of carbonyl (C=O) groups excluding carboxylic acids is 3. The van der Waals surface area contributed by atoms with Crippen molar-refractivity contribution < 1.29 is 33.5 Å². The van der Waals surface area contributed by atoms with E-state index in [0.29, 0.717) is 0 Å². The summed E-state index contributed by atoms with van der Waals surface area (Å²) in [5.41, 5.74) is -2.21. The Hall–Kier alpha value is -3.17. The van der Waals surface area contributed by atoms with Gasteiger partial charge in [-0.05, 0) is 33.8 Å². The highest BCUT2D eigenvalue weighted by molar-refractivity contribution is 6.06. The van der Waals surface area contributed by atoms with Gasteiger partial charge in [-0.25, -0.2) is 14.4 Å². The molecule has 0 aromatic heterocycles. The first-order valence-electron chi connectivity index (χ1n) is 7.90. The Labute approximate surface area is 156 Å². The molecule has 0 fully saturated rings. The van der Waals surface area contributed by atoms with Crippen molar-refractivity contribution in [3.63, 3.8) is 0 Å². The highest BCUT2D eigenvalue weighted by Gasteiger charge is 2.39. The number of methoxy groups -OCH3 is 2. The molecule has 0 N–H and O–H groups in total. The number of benzene rings is 1. The van der Waals surface area contributed by atoms with E-state index in [9.17, 15) is 24.5 Å². The third-order valence-electron chi connectivity index (χ3n) is 3.38. The number of nitro groups is 1. The summed E-state index contributed by atoms with van der Waals surface area (Å²) >= 11 is 0. The van der Waals surface area contributed by atoms with Crippen LogP contribution >= 0.6 is 0 Å². The van der Waals surface area contributed by atoms with Gasteiger partial charge in [0.25, 0.3) is 5.69 Å². The molecule has 1 amide bonds. The Kier molecular flexibility index (Phi) is 6.87. The molecule has 1 aromatic carbocycles. The molecule has 148 valence electrons. The normalized spacial score (nSPS) is 11.9. The van der Waals surface area contributed by atoms with Crippen LogP contribution in [0.3, 0.4) is 0 Å². The molecule has 1 aromatic rings. The predicted octanol–water partition coefficient (Wildman–Crippen LogP) is 2.68. The molecule has 0 bridgehead atoms. The van der Waals surface area contributed by atoms with E-state index < -0.39 is 46.0 Å². The van der Waals surface area contributed by atoms with Crippen LogP contribution in [0.2, 0.25) is 0 Å². The number of rotatable bonds is 5. The molecule has 1 unspecified atom stereocenters. The monoisotopic (exact) mass is 382 g/mol. The summed E-state index contributed by atoms with van der Waals surface area (Å²) in [7, 11) is 2.19. The quantitative estimate of drug-likeness (QED) is 0.329. The average molecular weight is 382 g/mol. The van der Waals surface area contributed by atoms with Crippen LogP contribution in [0.25, 0.3) is 0 Å². The molecule has 0 aliphatic carbocycles. The number of anilines is 1. The van der Waals surface area contributed by atoms with Gasteiger partial charge in [0.15, 0.2) is 0 Å². The van der Waals surface area contributed by atoms with E-state index in [1.165, 1.54) is 19.1 Å². The Bertz CT molecular complexity index is 754. The first-order valence-corrected chi connectivity index (χ1v) is 7.90. The van der Waals surface area contributed by atoms with Gasteiger partial charge >= 0.3 is 18.0 Å². The van der Waals surface area contributed by atoms with Gasteiger partial charge in [-0.1, -0.05) is 6.07 Å². The maximum Gasteiger partial charge on any atom is 0.415 e. The van der Waals surface area contributed by atoms with E-state index in [1.807, 2.05) is 0 Å². The number of hydrogen-bond donors (Lipinski definition) is 0. The molecule has 1 rings (SSSR count). The Morgan fingerprint density at radius 1 is 1.15 bits per heavy atom. The van der Waals surface area contributed by atoms with Crippen molar-refractivity contribution in [3.8, 4) is 0 Å². The summed E-state index contributed by atoms with van der Waals surface area (Å²) in [5, 5.41) is 11.5. The van der Waals surface area contributed by atoms with Crippen LogP contribution in [0.1, 0.15) is 38.1 Å². The minimum Gasteiger partial charge on any atom is -0.467 e. The molecular weight excluding hydrogens is 360 g/mol. The van der Waals surface area contributed by atoms with Crippen molar-refractivity contribution in [1.29, 1.82) is 0 Å². The highest BCUT2D eigenvalue weighted by Crippen LogP contribution is 2.35. The molecule has 0 aliphatic heterocycles. The lowest BCUT2D eigenvalue weighted by atomic mass is 10.1. The van der Waals surface area contributed by atoms with Crippen LogP contribution in [0, 0.1) is 10.1 Å². The van der Waals surface area contributed by atoms with Gasteiger partial charge in [0.1, 0.15) is 17.3 Å². The minimum absolute atomic E-state index is 0.270. The molecule has 10 heteroatoms. The Morgan fingerprint density at radius 3 is 2.19 bits per heavy atom. The minimum atomic E-state index is -1.31. The first kappa shape index (κ1) is 21.9. The van der Waals surface area contributed by atoms with Crippen LogP contribution in [0.15, 0.2) is 18.2 Å². The number of ether oxygens (including phenoxy) is 3. The topological polar surface area (TPSA) is 125 Å². The van der Waals surface area contributed by atoms with Crippen molar-refractivity contribution in [2.45, 2.75) is 39.3 Å². The summed E-state index contributed by atoms with van der Waals surface area (Å²) in [4.78, 5) is 48.5. The van der Waals surface area contributed by atoms with E-state index in [0.717, 1.165) is 25.2 Å². The second kappa shape index (κ2) is 8.47. The molecule has 0 saturated heterocycles. The van der Waals surface area contributed by atoms with Crippen LogP contribution in [0.5, 0.6) is 0 Å². The van der Waals surface area contributed by atoms with Crippen molar-refractivity contribution in [2.24, 2.45) is 0 Å². The largest absolute Gasteiger partial charge is 0.467 e. The number of nitrogens with zero attached hydrogens (tertiary/aromatic N) is 2. The number of hydrogen-bond acceptors (Lipinski definition) is 8. The van der Waals surface area contributed by atoms with Gasteiger partial charge in [0, 0.05) is 6.07 Å².